The van der Waals surface area contributed by atoms with Crippen LogP contribution in [-0.2, 0) is 24.4 Å². The van der Waals surface area contributed by atoms with Gasteiger partial charge in [-0.2, -0.15) is 0 Å². The van der Waals surface area contributed by atoms with E-state index in [1.807, 2.05) is 12.1 Å². The average Bonchev–Trinajstić information content (AvgIpc) is 2.76. The number of amides is 1. The van der Waals surface area contributed by atoms with E-state index in [-0.39, 0.29) is 12.0 Å². The van der Waals surface area contributed by atoms with Crippen LogP contribution in [0.3, 0.4) is 0 Å². The molecule has 31 heavy (non-hydrogen) atoms. The maximum atomic E-state index is 12.6. The Bertz CT molecular complexity index is 835. The molecule has 5 nitrogen and oxygen atoms in total. The lowest BCUT2D eigenvalue weighted by molar-refractivity contribution is -0.0212. The number of hydrogen-bond donors (Lipinski definition) is 1. The highest BCUT2D eigenvalue weighted by atomic mass is 16.5. The number of morpholine rings is 1. The average molecular weight is 424 g/mol. The van der Waals surface area contributed by atoms with Crippen LogP contribution >= 0.6 is 0 Å². The molecule has 1 fully saturated rings. The molecule has 1 atom stereocenters. The number of nitrogens with zero attached hydrogens (tertiary/aromatic N) is 2. The summed E-state index contributed by atoms with van der Waals surface area (Å²) in [6, 6.07) is 17.0. The number of ether oxygens (including phenoxy) is 1. The summed E-state index contributed by atoms with van der Waals surface area (Å²) in [7, 11) is 0. The van der Waals surface area contributed by atoms with E-state index >= 15 is 0 Å². The lowest BCUT2D eigenvalue weighted by atomic mass is 10.1. The molecule has 0 bridgehead atoms. The van der Waals surface area contributed by atoms with E-state index in [1.165, 1.54) is 11.1 Å². The molecule has 1 aliphatic rings. The highest BCUT2D eigenvalue weighted by Gasteiger charge is 2.16. The van der Waals surface area contributed by atoms with Crippen LogP contribution in [0.2, 0.25) is 0 Å². The molecule has 1 unspecified atom stereocenters. The molecule has 2 aromatic carbocycles. The first-order valence-electron chi connectivity index (χ1n) is 11.5. The zero-order valence-electron chi connectivity index (χ0n) is 19.4. The first-order chi connectivity index (χ1) is 14.9. The lowest BCUT2D eigenvalue weighted by Crippen LogP contribution is -2.40. The zero-order chi connectivity index (χ0) is 22.2. The maximum Gasteiger partial charge on any atom is 0.251 e. The topological polar surface area (TPSA) is 44.8 Å². The molecule has 1 heterocycles. The molecule has 168 valence electrons. The van der Waals surface area contributed by atoms with Crippen molar-refractivity contribution in [3.63, 3.8) is 0 Å². The molecule has 0 saturated carbocycles. The van der Waals surface area contributed by atoms with Crippen molar-refractivity contribution in [2.24, 2.45) is 0 Å². The minimum Gasteiger partial charge on any atom is -0.376 e. The van der Waals surface area contributed by atoms with Gasteiger partial charge in [-0.15, -0.1) is 0 Å². The van der Waals surface area contributed by atoms with Crippen LogP contribution in [0.4, 0.5) is 0 Å². The third kappa shape index (κ3) is 7.17. The fraction of sp³-hybridized carbons (Fsp3) is 0.500. The monoisotopic (exact) mass is 423 g/mol. The Morgan fingerprint density at radius 2 is 1.90 bits per heavy atom. The Hall–Kier alpha value is -2.21. The fourth-order valence-electron chi connectivity index (χ4n) is 4.07. The van der Waals surface area contributed by atoms with Gasteiger partial charge in [0.15, 0.2) is 0 Å². The fourth-order valence-corrected chi connectivity index (χ4v) is 4.07. The lowest BCUT2D eigenvalue weighted by Gasteiger charge is -2.31. The van der Waals surface area contributed by atoms with Gasteiger partial charge < -0.3 is 10.1 Å². The van der Waals surface area contributed by atoms with Crippen molar-refractivity contribution >= 4 is 5.91 Å². The molecule has 0 aromatic heterocycles. The van der Waals surface area contributed by atoms with Crippen molar-refractivity contribution in [3.8, 4) is 0 Å². The molecule has 3 rings (SSSR count). The van der Waals surface area contributed by atoms with Crippen LogP contribution in [0.5, 0.6) is 0 Å². The zero-order valence-corrected chi connectivity index (χ0v) is 19.4. The number of hydrogen-bond acceptors (Lipinski definition) is 4. The highest BCUT2D eigenvalue weighted by molar-refractivity contribution is 5.94. The third-order valence-electron chi connectivity index (χ3n) is 5.91. The molecule has 2 aromatic rings. The van der Waals surface area contributed by atoms with Crippen LogP contribution in [0, 0.1) is 0 Å². The van der Waals surface area contributed by atoms with Gasteiger partial charge in [0, 0.05) is 44.3 Å². The van der Waals surface area contributed by atoms with Gasteiger partial charge in [0.2, 0.25) is 0 Å². The van der Waals surface area contributed by atoms with Crippen molar-refractivity contribution in [2.75, 3.05) is 26.2 Å². The summed E-state index contributed by atoms with van der Waals surface area (Å²) in [4.78, 5) is 17.4. The van der Waals surface area contributed by atoms with Gasteiger partial charge in [-0.25, -0.2) is 0 Å². The number of carbonyl (C=O) groups is 1. The molecule has 1 saturated heterocycles. The Balaban J connectivity index is 1.52. The van der Waals surface area contributed by atoms with Crippen molar-refractivity contribution in [1.29, 1.82) is 0 Å². The van der Waals surface area contributed by atoms with E-state index in [1.54, 1.807) is 0 Å². The summed E-state index contributed by atoms with van der Waals surface area (Å²) in [6.07, 6.45) is 0.290. The summed E-state index contributed by atoms with van der Waals surface area (Å²) in [6.45, 7) is 14.8. The van der Waals surface area contributed by atoms with Crippen LogP contribution in [-0.4, -0.2) is 54.1 Å². The largest absolute Gasteiger partial charge is 0.376 e. The van der Waals surface area contributed by atoms with Crippen LogP contribution in [0.1, 0.15) is 54.7 Å². The van der Waals surface area contributed by atoms with E-state index < -0.39 is 0 Å². The Morgan fingerprint density at radius 1 is 1.16 bits per heavy atom. The quantitative estimate of drug-likeness (QED) is 0.660. The molecular formula is C26H37N3O2. The standard InChI is InChI=1S/C26H37N3O2/c1-5-29(20(2)3)19-22-9-11-25(12-10-22)26(30)27-16-23-7-6-8-24(15-23)18-28-13-14-31-21(4)17-28/h6-12,15,20-21H,5,13-14,16-19H2,1-4H3,(H,27,30). The minimum atomic E-state index is -0.0323. The van der Waals surface area contributed by atoms with Gasteiger partial charge in [0.25, 0.3) is 5.91 Å². The van der Waals surface area contributed by atoms with Crippen LogP contribution in [0.25, 0.3) is 0 Å². The second-order valence-corrected chi connectivity index (χ2v) is 8.77. The van der Waals surface area contributed by atoms with E-state index in [9.17, 15) is 4.79 Å². The summed E-state index contributed by atoms with van der Waals surface area (Å²) in [5, 5.41) is 3.06. The molecule has 0 aliphatic carbocycles. The van der Waals surface area contributed by atoms with Gasteiger partial charge in [0.1, 0.15) is 0 Å². The smallest absolute Gasteiger partial charge is 0.251 e. The van der Waals surface area contributed by atoms with Crippen LogP contribution in [0.15, 0.2) is 48.5 Å². The van der Waals surface area contributed by atoms with Gasteiger partial charge >= 0.3 is 0 Å². The second kappa shape index (κ2) is 11.4. The molecular weight excluding hydrogens is 386 g/mol. The van der Waals surface area contributed by atoms with Crippen molar-refractivity contribution in [1.82, 2.24) is 15.1 Å². The van der Waals surface area contributed by atoms with Gasteiger partial charge in [-0.3, -0.25) is 14.6 Å². The van der Waals surface area contributed by atoms with Crippen LogP contribution < -0.4 is 5.32 Å². The summed E-state index contributed by atoms with van der Waals surface area (Å²) >= 11 is 0. The molecule has 5 heteroatoms. The van der Waals surface area contributed by atoms with Crippen molar-refractivity contribution in [3.05, 3.63) is 70.8 Å². The van der Waals surface area contributed by atoms with Gasteiger partial charge in [-0.05, 0) is 56.1 Å². The van der Waals surface area contributed by atoms with Crippen molar-refractivity contribution < 1.29 is 9.53 Å². The Labute approximate surface area is 187 Å². The second-order valence-electron chi connectivity index (χ2n) is 8.77. The number of benzene rings is 2. The van der Waals surface area contributed by atoms with Gasteiger partial charge in [-0.1, -0.05) is 43.3 Å². The summed E-state index contributed by atoms with van der Waals surface area (Å²) in [5.41, 5.74) is 4.34. The third-order valence-corrected chi connectivity index (χ3v) is 5.91. The normalized spacial score (nSPS) is 17.3. The van der Waals surface area contributed by atoms with Gasteiger partial charge in [0.05, 0.1) is 12.7 Å². The number of rotatable bonds is 9. The molecule has 0 spiro atoms. The SMILES string of the molecule is CCN(Cc1ccc(C(=O)NCc2cccc(CN3CCOC(C)C3)c2)cc1)C(C)C. The number of nitrogens with one attached hydrogen (secondary N) is 1. The van der Waals surface area contributed by atoms with E-state index in [2.05, 4.69) is 79.2 Å². The predicted molar refractivity (Wildman–Crippen MR) is 126 cm³/mol. The molecule has 0 radical (unpaired) electrons. The summed E-state index contributed by atoms with van der Waals surface area (Å²) in [5.74, 6) is -0.0323. The summed E-state index contributed by atoms with van der Waals surface area (Å²) < 4.78 is 5.63. The molecule has 1 N–H and O–H groups in total. The first kappa shape index (κ1) is 23.5. The predicted octanol–water partition coefficient (Wildman–Crippen LogP) is 4.07. The Morgan fingerprint density at radius 3 is 2.58 bits per heavy atom. The van der Waals surface area contributed by atoms with Crippen molar-refractivity contribution in [2.45, 2.75) is 59.5 Å². The van der Waals surface area contributed by atoms with E-state index in [0.29, 0.717) is 18.2 Å². The Kier molecular flexibility index (Phi) is 8.64. The molecule has 1 amide bonds. The highest BCUT2D eigenvalue weighted by Crippen LogP contribution is 2.13. The van der Waals surface area contributed by atoms with E-state index in [0.717, 1.165) is 44.9 Å². The minimum absolute atomic E-state index is 0.0323. The van der Waals surface area contributed by atoms with E-state index in [4.69, 9.17) is 4.74 Å². The maximum absolute atomic E-state index is 12.6. The number of carbonyl (C=O) groups excluding carboxylic acids is 1. The molecule has 1 aliphatic heterocycles. The first-order valence-corrected chi connectivity index (χ1v) is 11.5.